The van der Waals surface area contributed by atoms with E-state index in [1.165, 1.54) is 12.5 Å². The molecule has 2 rings (SSSR count). The first kappa shape index (κ1) is 14.8. The first-order valence-corrected chi connectivity index (χ1v) is 6.60. The van der Waals surface area contributed by atoms with E-state index in [-0.39, 0.29) is 5.82 Å². The van der Waals surface area contributed by atoms with Crippen molar-refractivity contribution in [2.45, 2.75) is 19.5 Å². The molecule has 0 fully saturated rings. The van der Waals surface area contributed by atoms with Crippen molar-refractivity contribution in [3.63, 3.8) is 0 Å². The minimum absolute atomic E-state index is 0.245. The Morgan fingerprint density at radius 1 is 1.35 bits per heavy atom. The van der Waals surface area contributed by atoms with E-state index in [2.05, 4.69) is 36.3 Å². The molecule has 2 aromatic rings. The molecule has 0 unspecified atom stereocenters. The van der Waals surface area contributed by atoms with Gasteiger partial charge in [-0.2, -0.15) is 18.3 Å². The van der Waals surface area contributed by atoms with Crippen LogP contribution < -0.4 is 5.32 Å². The Labute approximate surface area is 121 Å². The van der Waals surface area contributed by atoms with Crippen LogP contribution in [0.25, 0.3) is 5.82 Å². The van der Waals surface area contributed by atoms with Crippen LogP contribution in [-0.4, -0.2) is 26.3 Å². The minimum atomic E-state index is -4.48. The van der Waals surface area contributed by atoms with E-state index < -0.39 is 11.9 Å². The van der Waals surface area contributed by atoms with Gasteiger partial charge in [-0.1, -0.05) is 6.92 Å². The number of rotatable bonds is 4. The maximum Gasteiger partial charge on any atom is 0.435 e. The highest BCUT2D eigenvalue weighted by Gasteiger charge is 2.33. The number of aromatic nitrogens is 4. The zero-order valence-corrected chi connectivity index (χ0v) is 12.0. The predicted molar refractivity (Wildman–Crippen MR) is 70.6 cm³/mol. The first-order chi connectivity index (χ1) is 9.43. The molecule has 0 amide bonds. The number of anilines is 1. The highest BCUT2D eigenvalue weighted by molar-refractivity contribution is 9.10. The summed E-state index contributed by atoms with van der Waals surface area (Å²) in [7, 11) is 0. The van der Waals surface area contributed by atoms with E-state index in [9.17, 15) is 13.2 Å². The number of hydrogen-bond acceptors (Lipinski definition) is 4. The smallest absolute Gasteiger partial charge is 0.369 e. The molecule has 0 atom stereocenters. The van der Waals surface area contributed by atoms with Crippen LogP contribution in [0.5, 0.6) is 0 Å². The standard InChI is InChI=1S/C11H11BrF3N5/c1-2-4-16-9-8(12)10(18-6-17-9)20-5-3-7(19-20)11(13,14)15/h3,5-6H,2,4H2,1H3,(H,16,17,18). The molecule has 1 N–H and O–H groups in total. The molecule has 0 bridgehead atoms. The molecule has 0 aliphatic heterocycles. The topological polar surface area (TPSA) is 55.6 Å². The number of nitrogens with zero attached hydrogens (tertiary/aromatic N) is 4. The molecule has 5 nitrogen and oxygen atoms in total. The molecule has 0 spiro atoms. The van der Waals surface area contributed by atoms with Gasteiger partial charge in [0.25, 0.3) is 0 Å². The Balaban J connectivity index is 2.35. The van der Waals surface area contributed by atoms with Gasteiger partial charge in [-0.25, -0.2) is 14.6 Å². The summed E-state index contributed by atoms with van der Waals surface area (Å²) in [6.07, 6.45) is -1.10. The van der Waals surface area contributed by atoms with Crippen LogP contribution in [0.1, 0.15) is 19.0 Å². The highest BCUT2D eigenvalue weighted by atomic mass is 79.9. The Hall–Kier alpha value is -1.64. The van der Waals surface area contributed by atoms with Crippen LogP contribution >= 0.6 is 15.9 Å². The second-order valence-electron chi connectivity index (χ2n) is 3.93. The Kier molecular flexibility index (Phi) is 4.26. The van der Waals surface area contributed by atoms with Crippen LogP contribution in [0.15, 0.2) is 23.1 Å². The third-order valence-electron chi connectivity index (χ3n) is 2.41. The SMILES string of the molecule is CCCNc1ncnc(-n2ccc(C(F)(F)F)n2)c1Br. The maximum atomic E-state index is 12.5. The molecule has 108 valence electrons. The number of hydrogen-bond donors (Lipinski definition) is 1. The number of alkyl halides is 3. The van der Waals surface area contributed by atoms with E-state index in [0.29, 0.717) is 16.8 Å². The van der Waals surface area contributed by atoms with Crippen LogP contribution in [0.2, 0.25) is 0 Å². The Bertz CT molecular complexity index is 596. The van der Waals surface area contributed by atoms with Gasteiger partial charge in [0.1, 0.15) is 16.6 Å². The summed E-state index contributed by atoms with van der Waals surface area (Å²) in [5.74, 6) is 0.759. The average Bonchev–Trinajstić information content (AvgIpc) is 2.87. The summed E-state index contributed by atoms with van der Waals surface area (Å²) < 4.78 is 39.1. The summed E-state index contributed by atoms with van der Waals surface area (Å²) in [4.78, 5) is 7.97. The van der Waals surface area contributed by atoms with E-state index in [4.69, 9.17) is 0 Å². The summed E-state index contributed by atoms with van der Waals surface area (Å²) in [6.45, 7) is 2.69. The molecule has 2 aromatic heterocycles. The van der Waals surface area contributed by atoms with Crippen LogP contribution in [0, 0.1) is 0 Å². The summed E-state index contributed by atoms with van der Waals surface area (Å²) in [5.41, 5.74) is -0.967. The third-order valence-corrected chi connectivity index (χ3v) is 3.14. The van der Waals surface area contributed by atoms with E-state index in [0.717, 1.165) is 17.2 Å². The fourth-order valence-corrected chi connectivity index (χ4v) is 2.01. The molecule has 0 aromatic carbocycles. The molecule has 0 aliphatic carbocycles. The molecule has 0 saturated heterocycles. The van der Waals surface area contributed by atoms with Crippen molar-refractivity contribution < 1.29 is 13.2 Å². The highest BCUT2D eigenvalue weighted by Crippen LogP contribution is 2.29. The molecule has 20 heavy (non-hydrogen) atoms. The lowest BCUT2D eigenvalue weighted by atomic mass is 10.4. The number of halogens is 4. The van der Waals surface area contributed by atoms with Gasteiger partial charge in [-0.15, -0.1) is 0 Å². The summed E-state index contributed by atoms with van der Waals surface area (Å²) in [5, 5.41) is 6.53. The van der Waals surface area contributed by atoms with Crippen molar-refractivity contribution in [3.8, 4) is 5.82 Å². The average molecular weight is 350 g/mol. The minimum Gasteiger partial charge on any atom is -0.369 e. The van der Waals surface area contributed by atoms with Crippen molar-refractivity contribution in [3.05, 3.63) is 28.8 Å². The molecule has 0 saturated carbocycles. The third kappa shape index (κ3) is 3.09. The lowest BCUT2D eigenvalue weighted by molar-refractivity contribution is -0.141. The van der Waals surface area contributed by atoms with Gasteiger partial charge in [0.2, 0.25) is 0 Å². The zero-order chi connectivity index (χ0) is 14.8. The van der Waals surface area contributed by atoms with Crippen molar-refractivity contribution in [1.82, 2.24) is 19.7 Å². The summed E-state index contributed by atoms with van der Waals surface area (Å²) in [6, 6.07) is 0.897. The van der Waals surface area contributed by atoms with E-state index in [1.807, 2.05) is 6.92 Å². The van der Waals surface area contributed by atoms with E-state index in [1.54, 1.807) is 0 Å². The first-order valence-electron chi connectivity index (χ1n) is 5.81. The summed E-state index contributed by atoms with van der Waals surface area (Å²) >= 11 is 3.28. The van der Waals surface area contributed by atoms with Crippen LogP contribution in [0.4, 0.5) is 19.0 Å². The van der Waals surface area contributed by atoms with Crippen LogP contribution in [-0.2, 0) is 6.18 Å². The van der Waals surface area contributed by atoms with E-state index >= 15 is 0 Å². The molecular weight excluding hydrogens is 339 g/mol. The van der Waals surface area contributed by atoms with Gasteiger partial charge >= 0.3 is 6.18 Å². The van der Waals surface area contributed by atoms with Crippen LogP contribution in [0.3, 0.4) is 0 Å². The molecule has 9 heteroatoms. The normalized spacial score (nSPS) is 11.7. The van der Waals surface area contributed by atoms with Crippen molar-refractivity contribution in [1.29, 1.82) is 0 Å². The number of nitrogens with one attached hydrogen (secondary N) is 1. The largest absolute Gasteiger partial charge is 0.435 e. The van der Waals surface area contributed by atoms with Crippen molar-refractivity contribution in [2.24, 2.45) is 0 Å². The van der Waals surface area contributed by atoms with Gasteiger partial charge in [0.15, 0.2) is 11.5 Å². The second kappa shape index (κ2) is 5.78. The van der Waals surface area contributed by atoms with Gasteiger partial charge in [-0.05, 0) is 28.4 Å². The second-order valence-corrected chi connectivity index (χ2v) is 4.72. The van der Waals surface area contributed by atoms with Gasteiger partial charge in [0.05, 0.1) is 0 Å². The van der Waals surface area contributed by atoms with Crippen molar-refractivity contribution in [2.75, 3.05) is 11.9 Å². The Morgan fingerprint density at radius 3 is 2.70 bits per heavy atom. The fourth-order valence-electron chi connectivity index (χ4n) is 1.48. The lowest BCUT2D eigenvalue weighted by Gasteiger charge is -2.09. The maximum absolute atomic E-state index is 12.5. The zero-order valence-electron chi connectivity index (χ0n) is 10.4. The lowest BCUT2D eigenvalue weighted by Crippen LogP contribution is -2.10. The monoisotopic (exact) mass is 349 g/mol. The fraction of sp³-hybridized carbons (Fsp3) is 0.364. The van der Waals surface area contributed by atoms with Gasteiger partial charge in [-0.3, -0.25) is 0 Å². The molecular formula is C11H11BrF3N5. The van der Waals surface area contributed by atoms with Gasteiger partial charge < -0.3 is 5.32 Å². The molecule has 0 aliphatic rings. The predicted octanol–water partition coefficient (Wildman–Crippen LogP) is 3.27. The quantitative estimate of drug-likeness (QED) is 0.920. The molecule has 0 radical (unpaired) electrons. The Morgan fingerprint density at radius 2 is 2.10 bits per heavy atom. The molecule has 2 heterocycles. The van der Waals surface area contributed by atoms with Crippen molar-refractivity contribution >= 4 is 21.7 Å². The van der Waals surface area contributed by atoms with Gasteiger partial charge in [0, 0.05) is 12.7 Å².